The Bertz CT molecular complexity index is 1160. The van der Waals surface area contributed by atoms with E-state index in [1.54, 1.807) is 0 Å². The van der Waals surface area contributed by atoms with Gasteiger partial charge in [0.2, 0.25) is 11.8 Å². The van der Waals surface area contributed by atoms with Crippen LogP contribution in [0, 0.1) is 23.7 Å². The highest BCUT2D eigenvalue weighted by Crippen LogP contribution is 2.33. The number of aliphatic hydroxyl groups excluding tert-OH is 1. The monoisotopic (exact) mass is 854 g/mol. The van der Waals surface area contributed by atoms with Crippen molar-refractivity contribution in [2.24, 2.45) is 23.7 Å². The first-order valence-corrected chi connectivity index (χ1v) is 21.3. The van der Waals surface area contributed by atoms with E-state index in [9.17, 15) is 24.0 Å². The van der Waals surface area contributed by atoms with Gasteiger partial charge in [-0.1, -0.05) is 92.9 Å². The number of esters is 2. The third-order valence-corrected chi connectivity index (χ3v) is 11.0. The van der Waals surface area contributed by atoms with Crippen LogP contribution >= 0.6 is 0 Å². The van der Waals surface area contributed by atoms with Gasteiger partial charge in [-0.05, 0) is 49.4 Å². The number of nitrogens with one attached hydrogen (secondary N) is 2. The molecule has 16 heteroatoms. The summed E-state index contributed by atoms with van der Waals surface area (Å²) in [5, 5.41) is 23.3. The lowest BCUT2D eigenvalue weighted by atomic mass is 9.82. The van der Waals surface area contributed by atoms with Gasteiger partial charge in [0.05, 0.1) is 24.3 Å². The second-order valence-corrected chi connectivity index (χ2v) is 15.8. The summed E-state index contributed by atoms with van der Waals surface area (Å²) in [6, 6.07) is -0.476. The summed E-state index contributed by atoms with van der Waals surface area (Å²) in [5.41, 5.74) is 0. The third-order valence-electron chi connectivity index (χ3n) is 11.0. The van der Waals surface area contributed by atoms with Gasteiger partial charge in [0.1, 0.15) is 13.2 Å². The van der Waals surface area contributed by atoms with E-state index in [1.807, 2.05) is 13.8 Å². The highest BCUT2D eigenvalue weighted by Gasteiger charge is 2.44. The van der Waals surface area contributed by atoms with E-state index < -0.39 is 18.5 Å². The number of carbonyl (C=O) groups excluding carboxylic acids is 4. The van der Waals surface area contributed by atoms with Gasteiger partial charge in [0.25, 0.3) is 0 Å². The zero-order chi connectivity index (χ0) is 42.8. The van der Waals surface area contributed by atoms with Crippen molar-refractivity contribution in [3.05, 3.63) is 0 Å². The summed E-state index contributed by atoms with van der Waals surface area (Å²) in [6.07, 6.45) is 11.6. The summed E-state index contributed by atoms with van der Waals surface area (Å²) in [5.74, 6) is -1.19. The normalized spacial score (nSPS) is 26.1. The zero-order valence-electron chi connectivity index (χ0n) is 36.6. The number of carboxylic acid groups (broad SMARTS) is 1. The maximum Gasteiger partial charge on any atom is 0.303 e. The lowest BCUT2D eigenvalue weighted by Gasteiger charge is -2.44. The molecule has 0 aromatic carbocycles. The fourth-order valence-corrected chi connectivity index (χ4v) is 7.11. The first kappa shape index (κ1) is 58.2. The van der Waals surface area contributed by atoms with Crippen LogP contribution < -0.4 is 10.6 Å². The molecule has 10 unspecified atom stereocenters. The molecular weight excluding hydrogens is 768 g/mol. The second kappa shape index (κ2) is 33.8. The van der Waals surface area contributed by atoms with Crippen LogP contribution in [0.4, 0.5) is 0 Å². The average Bonchev–Trinajstić information content (AvgIpc) is 3.14. The van der Waals surface area contributed by atoms with Crippen molar-refractivity contribution in [2.45, 2.75) is 190 Å². The van der Waals surface area contributed by atoms with Crippen LogP contribution in [-0.2, 0) is 52.4 Å². The molecule has 10 atom stereocenters. The van der Waals surface area contributed by atoms with Crippen LogP contribution in [0.3, 0.4) is 0 Å². The van der Waals surface area contributed by atoms with Gasteiger partial charge in [-0.2, -0.15) is 0 Å². The van der Waals surface area contributed by atoms with Crippen molar-refractivity contribution in [3.63, 3.8) is 0 Å². The largest absolute Gasteiger partial charge is 0.481 e. The highest BCUT2D eigenvalue weighted by atomic mass is 16.7. The van der Waals surface area contributed by atoms with Gasteiger partial charge in [0, 0.05) is 55.4 Å². The van der Waals surface area contributed by atoms with Crippen LogP contribution in [0.25, 0.3) is 0 Å². The molecule has 6 N–H and O–H groups in total. The Kier molecular flexibility index (Phi) is 33.3. The molecular formula is C43H84N2O14. The van der Waals surface area contributed by atoms with Crippen LogP contribution in [-0.4, -0.2) is 115 Å². The van der Waals surface area contributed by atoms with E-state index in [0.29, 0.717) is 13.2 Å². The number of aliphatic hydroxyl groups is 1. The first-order valence-electron chi connectivity index (χ1n) is 21.3. The molecule has 2 heterocycles. The number of aliphatic carboxylic acids is 1. The fraction of sp³-hybridized carbons (Fsp3) is 0.884. The minimum Gasteiger partial charge on any atom is -0.481 e. The molecule has 0 radical (unpaired) electrons. The van der Waals surface area contributed by atoms with E-state index >= 15 is 0 Å². The molecule has 0 saturated carbocycles. The smallest absolute Gasteiger partial charge is 0.303 e. The maximum absolute atomic E-state index is 11.6. The maximum atomic E-state index is 11.6. The molecule has 350 valence electrons. The second-order valence-electron chi connectivity index (χ2n) is 15.8. The topological polar surface area (TPSA) is 237 Å². The average molecular weight is 854 g/mol. The Morgan fingerprint density at radius 3 is 1.22 bits per heavy atom. The molecule has 2 fully saturated rings. The number of rotatable bonds is 26. The molecule has 2 saturated heterocycles. The predicted molar refractivity (Wildman–Crippen MR) is 226 cm³/mol. The third kappa shape index (κ3) is 25.5. The van der Waals surface area contributed by atoms with Crippen LogP contribution in [0.5, 0.6) is 0 Å². The number of hydrogen-bond donors (Lipinski definition) is 4. The van der Waals surface area contributed by atoms with Crippen LogP contribution in [0.1, 0.15) is 154 Å². The molecule has 2 aliphatic rings. The Morgan fingerprint density at radius 2 is 0.898 bits per heavy atom. The Morgan fingerprint density at radius 1 is 0.559 bits per heavy atom. The molecule has 2 amide bonds. The SMILES string of the molecule is C.CC(=O)NC1C(OCCCCCCCCCC(=O)O)OC(COC(C)=O)C(C)C1C.CC(=O)NC1C(OCCCCCCCCO)OC(COC(C)=O)C(C)C1C.O.[2HH]. The van der Waals surface area contributed by atoms with Gasteiger partial charge < -0.3 is 54.7 Å². The van der Waals surface area contributed by atoms with E-state index in [1.165, 1.54) is 27.7 Å². The summed E-state index contributed by atoms with van der Waals surface area (Å²) in [4.78, 5) is 56.0. The number of hydrogen-bond acceptors (Lipinski definition) is 12. The minimum absolute atomic E-state index is 0. The van der Waals surface area contributed by atoms with E-state index in [4.69, 9.17) is 38.6 Å². The van der Waals surface area contributed by atoms with Crippen molar-refractivity contribution in [1.82, 2.24) is 10.6 Å². The van der Waals surface area contributed by atoms with Gasteiger partial charge >= 0.3 is 17.9 Å². The van der Waals surface area contributed by atoms with Gasteiger partial charge in [-0.25, -0.2) is 0 Å². The predicted octanol–water partition coefficient (Wildman–Crippen LogP) is 5.73. The van der Waals surface area contributed by atoms with E-state index in [2.05, 4.69) is 24.5 Å². The molecule has 0 bridgehead atoms. The zero-order valence-corrected chi connectivity index (χ0v) is 36.6. The van der Waals surface area contributed by atoms with Gasteiger partial charge in [0.15, 0.2) is 12.6 Å². The minimum atomic E-state index is -0.728. The molecule has 0 aromatic rings. The number of carbonyl (C=O) groups is 5. The molecule has 2 aliphatic heterocycles. The number of carboxylic acids is 1. The Balaban J connectivity index is -0.00000104. The van der Waals surface area contributed by atoms with Crippen molar-refractivity contribution in [1.29, 1.82) is 0 Å². The van der Waals surface area contributed by atoms with Gasteiger partial charge in [-0.3, -0.25) is 24.0 Å². The van der Waals surface area contributed by atoms with Crippen LogP contribution in [0.2, 0.25) is 0 Å². The molecule has 59 heavy (non-hydrogen) atoms. The van der Waals surface area contributed by atoms with E-state index in [0.717, 1.165) is 83.5 Å². The number of ether oxygens (including phenoxy) is 6. The molecule has 0 aromatic heterocycles. The van der Waals surface area contributed by atoms with Crippen molar-refractivity contribution in [3.8, 4) is 0 Å². The lowest BCUT2D eigenvalue weighted by Crippen LogP contribution is -2.58. The van der Waals surface area contributed by atoms with E-state index in [-0.39, 0.29) is 112 Å². The van der Waals surface area contributed by atoms with Crippen LogP contribution in [0.15, 0.2) is 0 Å². The first-order chi connectivity index (χ1) is 27.1. The van der Waals surface area contributed by atoms with Crippen molar-refractivity contribution in [2.75, 3.05) is 33.0 Å². The molecule has 2 rings (SSSR count). The summed E-state index contributed by atoms with van der Waals surface area (Å²) in [7, 11) is 0. The Hall–Kier alpha value is -2.89. The molecule has 0 spiro atoms. The van der Waals surface area contributed by atoms with Crippen molar-refractivity contribution < 1.29 is 69.5 Å². The molecule has 0 aliphatic carbocycles. The fourth-order valence-electron chi connectivity index (χ4n) is 7.11. The summed E-state index contributed by atoms with van der Waals surface area (Å²) in [6.45, 7) is 15.6. The number of unbranched alkanes of at least 4 members (excludes halogenated alkanes) is 11. The van der Waals surface area contributed by atoms with Gasteiger partial charge in [-0.15, -0.1) is 0 Å². The quantitative estimate of drug-likeness (QED) is 0.0602. The molecule has 16 nitrogen and oxygen atoms in total. The lowest BCUT2D eigenvalue weighted by molar-refractivity contribution is -0.244. The van der Waals surface area contributed by atoms with Crippen molar-refractivity contribution >= 4 is 29.7 Å². The summed E-state index contributed by atoms with van der Waals surface area (Å²) >= 11 is 0. The highest BCUT2D eigenvalue weighted by molar-refractivity contribution is 5.73. The number of amides is 2. The Labute approximate surface area is 355 Å². The standard InChI is InChI=1S/C22H39NO7.C20H37NO6.CH4.H2O.H2/c1-15-16(2)21(23-17(3)24)22(30-19(15)14-29-18(4)25)28-13-11-9-7-5-6-8-10-12-20(26)27;1-14-15(2)19(21-16(3)23)20(27-18(14)13-26-17(4)24)25-12-10-8-6-5-7-9-11-22;;;/h15-16,19,21-22H,5-14H2,1-4H3,(H,23,24)(H,26,27);14-15,18-20,22H,5-13H2,1-4H3,(H,21,23);1H4;1H2;1H/i;;;;1+1. The summed E-state index contributed by atoms with van der Waals surface area (Å²) < 4.78 is 34.3.